The molecule has 2 rings (SSSR count). The first kappa shape index (κ1) is 21.6. The number of nitrogens with one attached hydrogen (secondary N) is 2. The van der Waals surface area contributed by atoms with Gasteiger partial charge in [-0.3, -0.25) is 4.90 Å². The van der Waals surface area contributed by atoms with E-state index in [2.05, 4.69) is 9.71 Å². The van der Waals surface area contributed by atoms with Gasteiger partial charge in [0.15, 0.2) is 0 Å². The molecule has 12 heteroatoms. The van der Waals surface area contributed by atoms with Crippen LogP contribution in [0.4, 0.5) is 17.6 Å². The third-order valence-electron chi connectivity index (χ3n) is 4.16. The van der Waals surface area contributed by atoms with E-state index >= 15 is 0 Å². The number of halogens is 4. The summed E-state index contributed by atoms with van der Waals surface area (Å²) < 4.78 is 82.8. The zero-order valence-corrected chi connectivity index (χ0v) is 15.4. The van der Waals surface area contributed by atoms with Gasteiger partial charge >= 0.3 is 12.1 Å². The van der Waals surface area contributed by atoms with E-state index in [-0.39, 0.29) is 43.8 Å². The maximum absolute atomic E-state index is 13.4. The molecule has 154 valence electrons. The summed E-state index contributed by atoms with van der Waals surface area (Å²) >= 11 is 0. The molecule has 0 saturated carbocycles. The van der Waals surface area contributed by atoms with Gasteiger partial charge in [0.05, 0.1) is 13.2 Å². The third kappa shape index (κ3) is 5.66. The zero-order valence-electron chi connectivity index (χ0n) is 14.6. The number of sulfonamides is 1. The average molecular weight is 415 g/mol. The summed E-state index contributed by atoms with van der Waals surface area (Å²) in [5, 5.41) is 0. The number of rotatable bonds is 7. The number of esters is 1. The van der Waals surface area contributed by atoms with Gasteiger partial charge < -0.3 is 9.72 Å². The molecule has 27 heavy (non-hydrogen) atoms. The SMILES string of the molecule is CCOC(=O)c1[nH]cc(S(=O)(=O)NC2CCN(CC(F)(F)F)CC2)c1CF. The van der Waals surface area contributed by atoms with Crippen molar-refractivity contribution in [2.24, 2.45) is 0 Å². The Labute approximate surface area is 154 Å². The summed E-state index contributed by atoms with van der Waals surface area (Å²) in [6.07, 6.45) is -2.93. The molecule has 0 spiro atoms. The summed E-state index contributed by atoms with van der Waals surface area (Å²) in [7, 11) is -4.15. The number of nitrogens with zero attached hydrogens (tertiary/aromatic N) is 1. The van der Waals surface area contributed by atoms with E-state index < -0.39 is 46.3 Å². The van der Waals surface area contributed by atoms with E-state index in [1.165, 1.54) is 4.90 Å². The lowest BCUT2D eigenvalue weighted by Gasteiger charge is -2.32. The van der Waals surface area contributed by atoms with Gasteiger partial charge in [-0.1, -0.05) is 0 Å². The highest BCUT2D eigenvalue weighted by Crippen LogP contribution is 2.24. The summed E-state index contributed by atoms with van der Waals surface area (Å²) in [4.78, 5) is 15.0. The molecule has 7 nitrogen and oxygen atoms in total. The molecule has 1 aromatic rings. The van der Waals surface area contributed by atoms with E-state index in [4.69, 9.17) is 4.74 Å². The number of aromatic amines is 1. The van der Waals surface area contributed by atoms with Crippen LogP contribution in [0.5, 0.6) is 0 Å². The first-order chi connectivity index (χ1) is 12.6. The lowest BCUT2D eigenvalue weighted by molar-refractivity contribution is -0.148. The van der Waals surface area contributed by atoms with Gasteiger partial charge in [-0.2, -0.15) is 13.2 Å². The molecule has 0 amide bonds. The van der Waals surface area contributed by atoms with Crippen molar-refractivity contribution in [3.63, 3.8) is 0 Å². The van der Waals surface area contributed by atoms with Gasteiger partial charge in [0.25, 0.3) is 0 Å². The minimum atomic E-state index is -4.31. The topological polar surface area (TPSA) is 91.5 Å². The number of aromatic nitrogens is 1. The number of carbonyl (C=O) groups excluding carboxylic acids is 1. The number of carbonyl (C=O) groups is 1. The number of hydrogen-bond donors (Lipinski definition) is 2. The van der Waals surface area contributed by atoms with Gasteiger partial charge in [-0.25, -0.2) is 22.3 Å². The number of likely N-dealkylation sites (tertiary alicyclic amines) is 1. The standard InChI is InChI=1S/C15H21F4N3O4S/c1-2-26-14(23)13-11(7-16)12(8-20-13)27(24,25)21-10-3-5-22(6-4-10)9-15(17,18)19/h8,10,20-21H,2-7,9H2,1H3. The quantitative estimate of drug-likeness (QED) is 0.525. The molecular formula is C15H21F4N3O4S. The van der Waals surface area contributed by atoms with Gasteiger partial charge in [-0.05, 0) is 32.9 Å². The second-order valence-corrected chi connectivity index (χ2v) is 7.83. The maximum atomic E-state index is 13.4. The van der Waals surface area contributed by atoms with Crippen molar-refractivity contribution < 1.29 is 35.5 Å². The van der Waals surface area contributed by atoms with Crippen LogP contribution in [0, 0.1) is 0 Å². The monoisotopic (exact) mass is 415 g/mol. The Bertz CT molecular complexity index is 756. The number of H-pyrrole nitrogens is 1. The first-order valence-corrected chi connectivity index (χ1v) is 9.80. The van der Waals surface area contributed by atoms with Crippen LogP contribution in [0.15, 0.2) is 11.1 Å². The highest BCUT2D eigenvalue weighted by molar-refractivity contribution is 7.89. The largest absolute Gasteiger partial charge is 0.461 e. The number of alkyl halides is 4. The Balaban J connectivity index is 2.06. The number of piperidine rings is 1. The van der Waals surface area contributed by atoms with Crippen LogP contribution < -0.4 is 4.72 Å². The van der Waals surface area contributed by atoms with Crippen LogP contribution in [0.1, 0.15) is 35.8 Å². The molecule has 0 aromatic carbocycles. The molecule has 1 saturated heterocycles. The molecule has 0 unspecified atom stereocenters. The molecule has 2 heterocycles. The van der Waals surface area contributed by atoms with Gasteiger partial charge in [0.1, 0.15) is 17.3 Å². The smallest absolute Gasteiger partial charge is 0.401 e. The summed E-state index contributed by atoms with van der Waals surface area (Å²) in [6, 6.07) is -0.576. The summed E-state index contributed by atoms with van der Waals surface area (Å²) in [5.41, 5.74) is -0.616. The fourth-order valence-corrected chi connectivity index (χ4v) is 4.43. The number of ether oxygens (including phenoxy) is 1. The Morgan fingerprint density at radius 1 is 1.37 bits per heavy atom. The molecule has 1 fully saturated rings. The van der Waals surface area contributed by atoms with Crippen molar-refractivity contribution >= 4 is 16.0 Å². The molecule has 1 aliphatic heterocycles. The predicted octanol–water partition coefficient (Wildman–Crippen LogP) is 1.97. The maximum Gasteiger partial charge on any atom is 0.401 e. The summed E-state index contributed by atoms with van der Waals surface area (Å²) in [6.45, 7) is -0.467. The van der Waals surface area contributed by atoms with Crippen LogP contribution in [0.25, 0.3) is 0 Å². The van der Waals surface area contributed by atoms with Crippen molar-refractivity contribution in [3.05, 3.63) is 17.5 Å². The minimum Gasteiger partial charge on any atom is -0.461 e. The van der Waals surface area contributed by atoms with Crippen molar-refractivity contribution in [1.29, 1.82) is 0 Å². The van der Waals surface area contributed by atoms with Crippen LogP contribution in [0.3, 0.4) is 0 Å². The van der Waals surface area contributed by atoms with Crippen molar-refractivity contribution in [2.75, 3.05) is 26.2 Å². The fourth-order valence-electron chi connectivity index (χ4n) is 2.94. The van der Waals surface area contributed by atoms with E-state index in [0.29, 0.717) is 0 Å². The number of hydrogen-bond acceptors (Lipinski definition) is 5. The van der Waals surface area contributed by atoms with Gasteiger partial charge in [0, 0.05) is 17.8 Å². The van der Waals surface area contributed by atoms with E-state index in [9.17, 15) is 30.8 Å². The average Bonchev–Trinajstić information content (AvgIpc) is 3.00. The lowest BCUT2D eigenvalue weighted by Crippen LogP contribution is -2.47. The molecule has 0 bridgehead atoms. The molecular weight excluding hydrogens is 394 g/mol. The Hall–Kier alpha value is -1.66. The van der Waals surface area contributed by atoms with Crippen molar-refractivity contribution in [3.8, 4) is 0 Å². The van der Waals surface area contributed by atoms with Crippen LogP contribution in [-0.4, -0.2) is 62.7 Å². The molecule has 0 atom stereocenters. The van der Waals surface area contributed by atoms with Crippen LogP contribution >= 0.6 is 0 Å². The highest BCUT2D eigenvalue weighted by Gasteiger charge is 2.34. The highest BCUT2D eigenvalue weighted by atomic mass is 32.2. The Kier molecular flexibility index (Phi) is 6.87. The fraction of sp³-hybridized carbons (Fsp3) is 0.667. The van der Waals surface area contributed by atoms with E-state index in [1.54, 1.807) is 6.92 Å². The molecule has 0 radical (unpaired) electrons. The van der Waals surface area contributed by atoms with Crippen molar-refractivity contribution in [2.45, 2.75) is 43.6 Å². The summed E-state index contributed by atoms with van der Waals surface area (Å²) in [5.74, 6) is -0.868. The van der Waals surface area contributed by atoms with Crippen LogP contribution in [0.2, 0.25) is 0 Å². The Morgan fingerprint density at radius 2 is 2.00 bits per heavy atom. The molecule has 2 N–H and O–H groups in total. The minimum absolute atomic E-state index is 0.0421. The lowest BCUT2D eigenvalue weighted by atomic mass is 10.1. The third-order valence-corrected chi connectivity index (χ3v) is 5.75. The first-order valence-electron chi connectivity index (χ1n) is 8.32. The predicted molar refractivity (Wildman–Crippen MR) is 87.4 cm³/mol. The van der Waals surface area contributed by atoms with E-state index in [1.807, 2.05) is 0 Å². The second kappa shape index (κ2) is 8.57. The second-order valence-electron chi connectivity index (χ2n) is 6.15. The molecule has 1 aliphatic rings. The normalized spacial score (nSPS) is 17.2. The van der Waals surface area contributed by atoms with Crippen LogP contribution in [-0.2, 0) is 21.4 Å². The van der Waals surface area contributed by atoms with E-state index in [0.717, 1.165) is 6.20 Å². The Morgan fingerprint density at radius 3 is 2.52 bits per heavy atom. The van der Waals surface area contributed by atoms with Crippen molar-refractivity contribution in [1.82, 2.24) is 14.6 Å². The van der Waals surface area contributed by atoms with Gasteiger partial charge in [-0.15, -0.1) is 0 Å². The molecule has 0 aliphatic carbocycles. The molecule has 1 aromatic heterocycles. The zero-order chi connectivity index (χ0) is 20.2. The van der Waals surface area contributed by atoms with Gasteiger partial charge in [0.2, 0.25) is 10.0 Å².